The number of aromatic amines is 2. The highest BCUT2D eigenvalue weighted by molar-refractivity contribution is 9.10. The van der Waals surface area contributed by atoms with Gasteiger partial charge in [-0.2, -0.15) is 0 Å². The summed E-state index contributed by atoms with van der Waals surface area (Å²) in [6.07, 6.45) is 3.87. The van der Waals surface area contributed by atoms with Crippen LogP contribution < -0.4 is 0 Å². The third-order valence-corrected chi connectivity index (χ3v) is 5.27. The molecule has 0 unspecified atom stereocenters. The van der Waals surface area contributed by atoms with Gasteiger partial charge in [0.05, 0.1) is 0 Å². The van der Waals surface area contributed by atoms with Gasteiger partial charge < -0.3 is 9.97 Å². The lowest BCUT2D eigenvalue weighted by atomic mass is 10.0. The maximum absolute atomic E-state index is 5.10. The molecule has 2 N–H and O–H groups in total. The van der Waals surface area contributed by atoms with Crippen LogP contribution in [0, 0.1) is 0 Å². The van der Waals surface area contributed by atoms with Crippen molar-refractivity contribution in [1.82, 2.24) is 20.3 Å². The SMILES string of the molecule is Brc1ccc2[nH]cc(-c3nonc3-c3c[nH]c4ccc(Br)cc34)c2c1. The van der Waals surface area contributed by atoms with Crippen molar-refractivity contribution in [3.63, 3.8) is 0 Å². The molecule has 0 radical (unpaired) electrons. The van der Waals surface area contributed by atoms with Gasteiger partial charge in [-0.1, -0.05) is 31.9 Å². The van der Waals surface area contributed by atoms with E-state index in [4.69, 9.17) is 4.63 Å². The minimum absolute atomic E-state index is 0.713. The number of halogens is 2. The molecule has 0 atom stereocenters. The van der Waals surface area contributed by atoms with Gasteiger partial charge in [0.1, 0.15) is 11.4 Å². The first-order chi connectivity index (χ1) is 12.2. The van der Waals surface area contributed by atoms with Crippen LogP contribution in [0.4, 0.5) is 0 Å². The largest absolute Gasteiger partial charge is 0.360 e. The zero-order valence-corrected chi connectivity index (χ0v) is 15.8. The van der Waals surface area contributed by atoms with E-state index < -0.39 is 0 Å². The molecular formula is C18H10Br2N4O. The Morgan fingerprint density at radius 1 is 0.720 bits per heavy atom. The standard InChI is InChI=1S/C18H10Br2N4O/c19-9-1-3-15-11(5-9)13(7-21-15)17-18(24-25-23-17)14-8-22-16-4-2-10(20)6-12(14)16/h1-8,21-22H. The van der Waals surface area contributed by atoms with E-state index in [9.17, 15) is 0 Å². The number of hydrogen-bond acceptors (Lipinski definition) is 3. The van der Waals surface area contributed by atoms with Crippen LogP contribution in [0.5, 0.6) is 0 Å². The molecule has 5 nitrogen and oxygen atoms in total. The Hall–Kier alpha value is -2.38. The first-order valence-electron chi connectivity index (χ1n) is 7.57. The van der Waals surface area contributed by atoms with Gasteiger partial charge in [-0.25, -0.2) is 4.63 Å². The molecule has 0 aliphatic carbocycles. The predicted octanol–water partition coefficient (Wildman–Crippen LogP) is 5.89. The second-order valence-corrected chi connectivity index (χ2v) is 7.58. The zero-order chi connectivity index (χ0) is 17.0. The molecule has 0 bridgehead atoms. The number of H-pyrrole nitrogens is 2. The summed E-state index contributed by atoms with van der Waals surface area (Å²) in [5, 5.41) is 10.5. The minimum atomic E-state index is 0.713. The molecule has 3 heterocycles. The van der Waals surface area contributed by atoms with E-state index in [0.29, 0.717) is 11.4 Å². The zero-order valence-electron chi connectivity index (χ0n) is 12.7. The summed E-state index contributed by atoms with van der Waals surface area (Å²) >= 11 is 7.06. The van der Waals surface area contributed by atoms with Gasteiger partial charge in [0.15, 0.2) is 0 Å². The third-order valence-electron chi connectivity index (χ3n) is 4.29. The highest BCUT2D eigenvalue weighted by Gasteiger charge is 2.20. The average Bonchev–Trinajstić information content (AvgIpc) is 3.30. The Morgan fingerprint density at radius 3 is 1.68 bits per heavy atom. The molecule has 0 amide bonds. The second-order valence-electron chi connectivity index (χ2n) is 5.75. The molecule has 2 aromatic carbocycles. The monoisotopic (exact) mass is 456 g/mol. The van der Waals surface area contributed by atoms with Crippen molar-refractivity contribution >= 4 is 53.7 Å². The molecule has 25 heavy (non-hydrogen) atoms. The van der Waals surface area contributed by atoms with Crippen LogP contribution in [0.25, 0.3) is 44.3 Å². The van der Waals surface area contributed by atoms with Gasteiger partial charge in [-0.15, -0.1) is 0 Å². The lowest BCUT2D eigenvalue weighted by Crippen LogP contribution is -1.82. The number of aromatic nitrogens is 4. The van der Waals surface area contributed by atoms with Crippen LogP contribution in [-0.4, -0.2) is 20.3 Å². The summed E-state index contributed by atoms with van der Waals surface area (Å²) in [7, 11) is 0. The lowest BCUT2D eigenvalue weighted by molar-refractivity contribution is 0.310. The van der Waals surface area contributed by atoms with E-state index in [-0.39, 0.29) is 0 Å². The molecule has 7 heteroatoms. The second kappa shape index (κ2) is 5.57. The van der Waals surface area contributed by atoms with E-state index >= 15 is 0 Å². The summed E-state index contributed by atoms with van der Waals surface area (Å²) in [6, 6.07) is 12.2. The summed E-state index contributed by atoms with van der Waals surface area (Å²) in [5.74, 6) is 0. The Labute approximate surface area is 158 Å². The van der Waals surface area contributed by atoms with E-state index in [2.05, 4.69) is 64.3 Å². The van der Waals surface area contributed by atoms with Crippen molar-refractivity contribution < 1.29 is 4.63 Å². The molecule has 0 saturated carbocycles. The van der Waals surface area contributed by atoms with Crippen molar-refractivity contribution in [1.29, 1.82) is 0 Å². The van der Waals surface area contributed by atoms with Gasteiger partial charge in [-0.05, 0) is 46.7 Å². The summed E-state index contributed by atoms with van der Waals surface area (Å²) in [5.41, 5.74) is 5.41. The number of benzene rings is 2. The Bertz CT molecular complexity index is 1140. The lowest BCUT2D eigenvalue weighted by Gasteiger charge is -1.99. The van der Waals surface area contributed by atoms with Crippen LogP contribution in [0.1, 0.15) is 0 Å². The third kappa shape index (κ3) is 2.34. The highest BCUT2D eigenvalue weighted by Crippen LogP contribution is 2.38. The molecule has 3 aromatic heterocycles. The first-order valence-corrected chi connectivity index (χ1v) is 9.16. The number of fused-ring (bicyclic) bond motifs is 2. The van der Waals surface area contributed by atoms with Gasteiger partial charge in [0, 0.05) is 54.3 Å². The fourth-order valence-corrected chi connectivity index (χ4v) is 3.84. The van der Waals surface area contributed by atoms with E-state index in [1.54, 1.807) is 0 Å². The van der Waals surface area contributed by atoms with Crippen molar-refractivity contribution in [3.8, 4) is 22.5 Å². The molecule has 0 spiro atoms. The molecule has 5 rings (SSSR count). The molecule has 0 aliphatic rings. The van der Waals surface area contributed by atoms with Crippen LogP contribution in [0.15, 0.2) is 62.4 Å². The van der Waals surface area contributed by atoms with Crippen LogP contribution >= 0.6 is 31.9 Å². The quantitative estimate of drug-likeness (QED) is 0.347. The molecular weight excluding hydrogens is 448 g/mol. The smallest absolute Gasteiger partial charge is 0.145 e. The first kappa shape index (κ1) is 14.9. The highest BCUT2D eigenvalue weighted by atomic mass is 79.9. The fourth-order valence-electron chi connectivity index (χ4n) is 3.12. The van der Waals surface area contributed by atoms with Crippen molar-refractivity contribution in [3.05, 3.63) is 57.7 Å². The van der Waals surface area contributed by atoms with Crippen molar-refractivity contribution in [2.24, 2.45) is 0 Å². The average molecular weight is 458 g/mol. The maximum atomic E-state index is 5.10. The van der Waals surface area contributed by atoms with Gasteiger partial charge in [0.2, 0.25) is 0 Å². The summed E-state index contributed by atoms with van der Waals surface area (Å²) in [6.45, 7) is 0. The number of hydrogen-bond donors (Lipinski definition) is 2. The van der Waals surface area contributed by atoms with Gasteiger partial charge in [-0.3, -0.25) is 0 Å². The van der Waals surface area contributed by atoms with Crippen LogP contribution in [-0.2, 0) is 0 Å². The van der Waals surface area contributed by atoms with E-state index in [1.165, 1.54) is 0 Å². The molecule has 122 valence electrons. The van der Waals surface area contributed by atoms with Gasteiger partial charge >= 0.3 is 0 Å². The van der Waals surface area contributed by atoms with Crippen molar-refractivity contribution in [2.75, 3.05) is 0 Å². The van der Waals surface area contributed by atoms with E-state index in [1.807, 2.05) is 36.7 Å². The summed E-state index contributed by atoms with van der Waals surface area (Å²) < 4.78 is 7.12. The maximum Gasteiger partial charge on any atom is 0.145 e. The topological polar surface area (TPSA) is 70.5 Å². The Kier molecular flexibility index (Phi) is 3.33. The van der Waals surface area contributed by atoms with E-state index in [0.717, 1.165) is 41.9 Å². The summed E-state index contributed by atoms with van der Waals surface area (Å²) in [4.78, 5) is 6.55. The van der Waals surface area contributed by atoms with Crippen LogP contribution in [0.2, 0.25) is 0 Å². The van der Waals surface area contributed by atoms with Crippen LogP contribution in [0.3, 0.4) is 0 Å². The molecule has 0 fully saturated rings. The molecule has 5 aromatic rings. The van der Waals surface area contributed by atoms with Crippen molar-refractivity contribution in [2.45, 2.75) is 0 Å². The number of nitrogens with one attached hydrogen (secondary N) is 2. The fraction of sp³-hybridized carbons (Fsp3) is 0. The Morgan fingerprint density at radius 2 is 1.20 bits per heavy atom. The normalized spacial score (nSPS) is 11.6. The molecule has 0 aliphatic heterocycles. The molecule has 0 saturated heterocycles. The Balaban J connectivity index is 1.76. The minimum Gasteiger partial charge on any atom is -0.360 e. The number of nitrogens with zero attached hydrogens (tertiary/aromatic N) is 2. The van der Waals surface area contributed by atoms with Gasteiger partial charge in [0.25, 0.3) is 0 Å². The predicted molar refractivity (Wildman–Crippen MR) is 104 cm³/mol. The number of rotatable bonds is 2.